The van der Waals surface area contributed by atoms with Crippen molar-refractivity contribution in [2.45, 2.75) is 12.8 Å². The van der Waals surface area contributed by atoms with Crippen LogP contribution >= 0.6 is 0 Å². The van der Waals surface area contributed by atoms with E-state index in [2.05, 4.69) is 15.1 Å². The molecule has 2 heterocycles. The normalized spacial score (nSPS) is 17.1. The van der Waals surface area contributed by atoms with E-state index in [1.54, 1.807) is 12.3 Å². The lowest BCUT2D eigenvalue weighted by Crippen LogP contribution is -2.36. The number of carbonyl (C=O) groups excluding carboxylic acids is 1. The Hall–Kier alpha value is -1.69. The van der Waals surface area contributed by atoms with Crippen LogP contribution in [0.3, 0.4) is 0 Å². The molecule has 1 aliphatic heterocycles. The molecule has 0 saturated carbocycles. The van der Waals surface area contributed by atoms with Crippen LogP contribution < -0.4 is 10.6 Å². The first-order valence-corrected chi connectivity index (χ1v) is 5.69. The van der Waals surface area contributed by atoms with E-state index in [1.807, 2.05) is 0 Å². The van der Waals surface area contributed by atoms with E-state index >= 15 is 0 Å². The monoisotopic (exact) mass is 236 g/mol. The molecule has 1 aromatic heterocycles. The summed E-state index contributed by atoms with van der Waals surface area (Å²) in [6.45, 7) is 1.83. The zero-order valence-electron chi connectivity index (χ0n) is 9.54. The summed E-state index contributed by atoms with van der Waals surface area (Å²) >= 11 is 0. The number of primary amides is 1. The fraction of sp³-hybridized carbons (Fsp3) is 0.545. The maximum Gasteiger partial charge on any atom is 0.271 e. The zero-order valence-corrected chi connectivity index (χ0v) is 9.54. The highest BCUT2D eigenvalue weighted by molar-refractivity contribution is 5.96. The number of carbonyl (C=O) groups is 1. The largest absolute Gasteiger partial charge is 0.396 e. The van der Waals surface area contributed by atoms with Crippen LogP contribution in [-0.4, -0.2) is 40.9 Å². The summed E-state index contributed by atoms with van der Waals surface area (Å²) in [6, 6.07) is 1.76. The Morgan fingerprint density at radius 3 is 2.82 bits per heavy atom. The second kappa shape index (κ2) is 5.09. The smallest absolute Gasteiger partial charge is 0.271 e. The number of hydrogen-bond donors (Lipinski definition) is 2. The topological polar surface area (TPSA) is 92.3 Å². The molecule has 92 valence electrons. The van der Waals surface area contributed by atoms with Gasteiger partial charge in [-0.05, 0) is 24.8 Å². The Balaban J connectivity index is 2.15. The predicted molar refractivity (Wildman–Crippen MR) is 62.6 cm³/mol. The number of hydrogen-bond acceptors (Lipinski definition) is 5. The highest BCUT2D eigenvalue weighted by Crippen LogP contribution is 2.24. The van der Waals surface area contributed by atoms with Crippen molar-refractivity contribution in [1.82, 2.24) is 10.2 Å². The molecular formula is C11H16N4O2. The van der Waals surface area contributed by atoms with Gasteiger partial charge in [-0.2, -0.15) is 5.10 Å². The molecule has 0 radical (unpaired) electrons. The van der Waals surface area contributed by atoms with E-state index in [-0.39, 0.29) is 12.3 Å². The minimum absolute atomic E-state index is 0.218. The lowest BCUT2D eigenvalue weighted by molar-refractivity contribution is 0.0995. The number of anilines is 1. The third-order valence-electron chi connectivity index (χ3n) is 3.15. The Labute approximate surface area is 99.4 Å². The summed E-state index contributed by atoms with van der Waals surface area (Å²) in [5.74, 6) is -0.199. The second-order valence-electron chi connectivity index (χ2n) is 4.24. The van der Waals surface area contributed by atoms with Crippen molar-refractivity contribution in [2.75, 3.05) is 24.6 Å². The minimum Gasteiger partial charge on any atom is -0.396 e. The van der Waals surface area contributed by atoms with Crippen LogP contribution in [0.15, 0.2) is 12.3 Å². The van der Waals surface area contributed by atoms with Crippen molar-refractivity contribution < 1.29 is 9.90 Å². The molecular weight excluding hydrogens is 220 g/mol. The Morgan fingerprint density at radius 1 is 1.53 bits per heavy atom. The molecule has 6 nitrogen and oxygen atoms in total. The highest BCUT2D eigenvalue weighted by Gasteiger charge is 2.22. The average Bonchev–Trinajstić information content (AvgIpc) is 2.39. The molecule has 2 rings (SSSR count). The first-order chi connectivity index (χ1) is 8.22. The summed E-state index contributed by atoms with van der Waals surface area (Å²) in [5.41, 5.74) is 6.22. The van der Waals surface area contributed by atoms with Gasteiger partial charge in [-0.1, -0.05) is 0 Å². The van der Waals surface area contributed by atoms with Crippen LogP contribution in [0.1, 0.15) is 23.3 Å². The van der Waals surface area contributed by atoms with Crippen LogP contribution in [0.4, 0.5) is 5.69 Å². The standard InChI is InChI=1S/C11H16N4O2/c12-11(17)10-9(1-4-13-14-10)15-5-2-8(7-16)3-6-15/h1,4,8,16H,2-3,5-7H2,(H2,12,17). The minimum atomic E-state index is -0.558. The Bertz CT molecular complexity index is 402. The first kappa shape index (κ1) is 11.8. The SMILES string of the molecule is NC(=O)c1nnccc1N1CCC(CO)CC1. The number of nitrogens with zero attached hydrogens (tertiary/aromatic N) is 3. The predicted octanol–water partition coefficient (Wildman–Crippen LogP) is -0.216. The zero-order chi connectivity index (χ0) is 12.3. The fourth-order valence-corrected chi connectivity index (χ4v) is 2.11. The fourth-order valence-electron chi connectivity index (χ4n) is 2.11. The summed E-state index contributed by atoms with van der Waals surface area (Å²) < 4.78 is 0. The number of aromatic nitrogens is 2. The number of amides is 1. The summed E-state index contributed by atoms with van der Waals surface area (Å²) in [4.78, 5) is 13.3. The molecule has 1 amide bonds. The van der Waals surface area contributed by atoms with Crippen LogP contribution in [0, 0.1) is 5.92 Å². The molecule has 0 aromatic carbocycles. The molecule has 6 heteroatoms. The van der Waals surface area contributed by atoms with Gasteiger partial charge in [0.1, 0.15) is 0 Å². The molecule has 0 bridgehead atoms. The van der Waals surface area contributed by atoms with Crippen molar-refractivity contribution in [3.05, 3.63) is 18.0 Å². The maximum absolute atomic E-state index is 11.2. The van der Waals surface area contributed by atoms with Gasteiger partial charge >= 0.3 is 0 Å². The molecule has 1 saturated heterocycles. The number of aliphatic hydroxyl groups excluding tert-OH is 1. The van der Waals surface area contributed by atoms with Gasteiger partial charge in [0, 0.05) is 19.7 Å². The van der Waals surface area contributed by atoms with E-state index < -0.39 is 5.91 Å². The Morgan fingerprint density at radius 2 is 2.24 bits per heavy atom. The summed E-state index contributed by atoms with van der Waals surface area (Å²) in [5, 5.41) is 16.5. The average molecular weight is 236 g/mol. The number of rotatable bonds is 3. The van der Waals surface area contributed by atoms with Gasteiger partial charge in [0.2, 0.25) is 0 Å². The molecule has 0 spiro atoms. The van der Waals surface area contributed by atoms with E-state index in [0.717, 1.165) is 31.6 Å². The number of piperidine rings is 1. The van der Waals surface area contributed by atoms with Gasteiger partial charge in [-0.15, -0.1) is 5.10 Å². The van der Waals surface area contributed by atoms with Gasteiger partial charge in [-0.3, -0.25) is 4.79 Å². The Kier molecular flexibility index (Phi) is 3.53. The van der Waals surface area contributed by atoms with Crippen LogP contribution in [0.5, 0.6) is 0 Å². The summed E-state index contributed by atoms with van der Waals surface area (Å²) in [6.07, 6.45) is 3.38. The van der Waals surface area contributed by atoms with Gasteiger partial charge in [0.25, 0.3) is 5.91 Å². The van der Waals surface area contributed by atoms with E-state index in [0.29, 0.717) is 5.92 Å². The first-order valence-electron chi connectivity index (χ1n) is 5.69. The van der Waals surface area contributed by atoms with Gasteiger partial charge in [-0.25, -0.2) is 0 Å². The van der Waals surface area contributed by atoms with Gasteiger partial charge in [0.05, 0.1) is 11.9 Å². The van der Waals surface area contributed by atoms with Crippen molar-refractivity contribution >= 4 is 11.6 Å². The highest BCUT2D eigenvalue weighted by atomic mass is 16.3. The lowest BCUT2D eigenvalue weighted by atomic mass is 9.97. The molecule has 0 unspecified atom stereocenters. The third-order valence-corrected chi connectivity index (χ3v) is 3.15. The van der Waals surface area contributed by atoms with Gasteiger partial charge < -0.3 is 15.7 Å². The molecule has 3 N–H and O–H groups in total. The van der Waals surface area contributed by atoms with Crippen LogP contribution in [0.25, 0.3) is 0 Å². The molecule has 1 aliphatic rings. The number of nitrogens with two attached hydrogens (primary N) is 1. The van der Waals surface area contributed by atoms with Crippen molar-refractivity contribution in [3.8, 4) is 0 Å². The van der Waals surface area contributed by atoms with Crippen LogP contribution in [-0.2, 0) is 0 Å². The third kappa shape index (κ3) is 2.52. The number of aliphatic hydroxyl groups is 1. The van der Waals surface area contributed by atoms with Crippen LogP contribution in [0.2, 0.25) is 0 Å². The maximum atomic E-state index is 11.2. The van der Waals surface area contributed by atoms with Crippen molar-refractivity contribution in [3.63, 3.8) is 0 Å². The molecule has 0 atom stereocenters. The second-order valence-corrected chi connectivity index (χ2v) is 4.24. The molecule has 0 aliphatic carbocycles. The molecule has 17 heavy (non-hydrogen) atoms. The summed E-state index contributed by atoms with van der Waals surface area (Å²) in [7, 11) is 0. The van der Waals surface area contributed by atoms with E-state index in [4.69, 9.17) is 10.8 Å². The lowest BCUT2D eigenvalue weighted by Gasteiger charge is -2.33. The van der Waals surface area contributed by atoms with Gasteiger partial charge in [0.15, 0.2) is 5.69 Å². The van der Waals surface area contributed by atoms with E-state index in [1.165, 1.54) is 0 Å². The quantitative estimate of drug-likeness (QED) is 0.757. The van der Waals surface area contributed by atoms with Crippen molar-refractivity contribution in [1.29, 1.82) is 0 Å². The van der Waals surface area contributed by atoms with Crippen molar-refractivity contribution in [2.24, 2.45) is 11.7 Å². The molecule has 1 fully saturated rings. The van der Waals surface area contributed by atoms with E-state index in [9.17, 15) is 4.79 Å². The molecule has 1 aromatic rings.